The molecule has 2 aromatic rings. The molecular weight excluding hydrogens is 320 g/mol. The van der Waals surface area contributed by atoms with Gasteiger partial charge in [0, 0.05) is 18.5 Å². The molecule has 4 rings (SSSR count). The molecule has 1 fully saturated rings. The van der Waals surface area contributed by atoms with Gasteiger partial charge in [-0.2, -0.15) is 0 Å². The second kappa shape index (κ2) is 6.52. The third-order valence-electron chi connectivity index (χ3n) is 5.19. The fourth-order valence-corrected chi connectivity index (χ4v) is 3.74. The van der Waals surface area contributed by atoms with Crippen LogP contribution in [0.25, 0.3) is 11.6 Å². The molecule has 4 heteroatoms. The van der Waals surface area contributed by atoms with E-state index in [9.17, 15) is 13.6 Å². The topological polar surface area (TPSA) is 20.3 Å². The molecule has 2 aliphatic rings. The summed E-state index contributed by atoms with van der Waals surface area (Å²) in [6, 6.07) is 11.5. The molecule has 0 N–H and O–H groups in total. The standard InChI is InChI=1S/C21H19F2NO/c22-17-5-6-19(20(23)12-17)21(25)14-7-9-24(10-8-14)13-16-11-15-3-1-2-4-18(15)16/h1-6,11-12,14H,7-10,13H2. The summed E-state index contributed by atoms with van der Waals surface area (Å²) in [6.45, 7) is 2.53. The Kier molecular flexibility index (Phi) is 4.22. The number of hydrogen-bond acceptors (Lipinski definition) is 2. The smallest absolute Gasteiger partial charge is 0.168 e. The fourth-order valence-electron chi connectivity index (χ4n) is 3.74. The largest absolute Gasteiger partial charge is 0.299 e. The molecule has 0 amide bonds. The number of hydrogen-bond donors (Lipinski definition) is 0. The number of Topliss-reactive ketones (excluding diaryl/α,β-unsaturated/α-hetero) is 1. The van der Waals surface area contributed by atoms with Crippen molar-refractivity contribution in [2.45, 2.75) is 12.8 Å². The van der Waals surface area contributed by atoms with Gasteiger partial charge < -0.3 is 0 Å². The summed E-state index contributed by atoms with van der Waals surface area (Å²) in [6.07, 6.45) is 3.63. The number of likely N-dealkylation sites (tertiary alicyclic amines) is 1. The van der Waals surface area contributed by atoms with E-state index in [0.29, 0.717) is 12.8 Å². The van der Waals surface area contributed by atoms with Crippen molar-refractivity contribution in [1.29, 1.82) is 0 Å². The summed E-state index contributed by atoms with van der Waals surface area (Å²) in [5, 5.41) is 0. The lowest BCUT2D eigenvalue weighted by Crippen LogP contribution is -2.37. The lowest BCUT2D eigenvalue weighted by molar-refractivity contribution is 0.0845. The first-order valence-electron chi connectivity index (χ1n) is 8.63. The minimum absolute atomic E-state index is 0.00970. The highest BCUT2D eigenvalue weighted by molar-refractivity contribution is 5.98. The molecule has 1 saturated heterocycles. The highest BCUT2D eigenvalue weighted by Crippen LogP contribution is 2.33. The molecule has 0 atom stereocenters. The quantitative estimate of drug-likeness (QED) is 0.769. The molecular formula is C21H19F2NO. The average Bonchev–Trinajstić information content (AvgIpc) is 2.60. The Morgan fingerprint density at radius 3 is 2.56 bits per heavy atom. The molecule has 0 bridgehead atoms. The summed E-state index contributed by atoms with van der Waals surface area (Å²) in [4.78, 5) is 14.8. The van der Waals surface area contributed by atoms with Crippen LogP contribution in [0.3, 0.4) is 0 Å². The fraction of sp³-hybridized carbons (Fsp3) is 0.286. The zero-order chi connectivity index (χ0) is 17.4. The predicted octanol–water partition coefficient (Wildman–Crippen LogP) is 4.41. The van der Waals surface area contributed by atoms with Crippen LogP contribution in [0.1, 0.15) is 34.3 Å². The maximum absolute atomic E-state index is 13.8. The molecule has 1 heterocycles. The number of ketones is 1. The van der Waals surface area contributed by atoms with E-state index in [1.54, 1.807) is 0 Å². The summed E-state index contributed by atoms with van der Waals surface area (Å²) in [5.74, 6) is -1.80. The van der Waals surface area contributed by atoms with Crippen molar-refractivity contribution >= 4 is 17.4 Å². The summed E-state index contributed by atoms with van der Waals surface area (Å²) in [7, 11) is 0. The van der Waals surface area contributed by atoms with Crippen molar-refractivity contribution in [3.63, 3.8) is 0 Å². The zero-order valence-electron chi connectivity index (χ0n) is 13.8. The number of carbonyl (C=O) groups excluding carboxylic acids is 1. The Morgan fingerprint density at radius 2 is 1.84 bits per heavy atom. The van der Waals surface area contributed by atoms with E-state index >= 15 is 0 Å². The molecule has 0 aromatic heterocycles. The minimum Gasteiger partial charge on any atom is -0.299 e. The van der Waals surface area contributed by atoms with Crippen LogP contribution in [0.5, 0.6) is 0 Å². The third-order valence-corrected chi connectivity index (χ3v) is 5.19. The van der Waals surface area contributed by atoms with E-state index in [1.807, 2.05) is 12.1 Å². The summed E-state index contributed by atoms with van der Waals surface area (Å²) in [5.41, 5.74) is 3.95. The van der Waals surface area contributed by atoms with Gasteiger partial charge in [0.1, 0.15) is 11.6 Å². The highest BCUT2D eigenvalue weighted by atomic mass is 19.1. The van der Waals surface area contributed by atoms with Crippen LogP contribution in [0, 0.1) is 17.6 Å². The lowest BCUT2D eigenvalue weighted by Gasteiger charge is -2.33. The first-order valence-corrected chi connectivity index (χ1v) is 8.63. The van der Waals surface area contributed by atoms with E-state index in [1.165, 1.54) is 22.8 Å². The second-order valence-electron chi connectivity index (χ2n) is 6.80. The highest BCUT2D eigenvalue weighted by Gasteiger charge is 2.28. The molecule has 2 aromatic carbocycles. The monoisotopic (exact) mass is 339 g/mol. The first-order chi connectivity index (χ1) is 12.1. The van der Waals surface area contributed by atoms with E-state index in [0.717, 1.165) is 31.8 Å². The molecule has 1 aliphatic heterocycles. The van der Waals surface area contributed by atoms with Crippen LogP contribution < -0.4 is 0 Å². The predicted molar refractivity (Wildman–Crippen MR) is 94.2 cm³/mol. The third kappa shape index (κ3) is 3.14. The number of piperidine rings is 1. The van der Waals surface area contributed by atoms with Crippen molar-refractivity contribution < 1.29 is 13.6 Å². The Bertz CT molecular complexity index is 851. The van der Waals surface area contributed by atoms with Gasteiger partial charge in [0.2, 0.25) is 0 Å². The lowest BCUT2D eigenvalue weighted by atomic mass is 9.86. The summed E-state index contributed by atoms with van der Waals surface area (Å²) >= 11 is 0. The van der Waals surface area contributed by atoms with Crippen LogP contribution in [0.15, 0.2) is 42.5 Å². The molecule has 0 saturated carbocycles. The van der Waals surface area contributed by atoms with Crippen molar-refractivity contribution in [1.82, 2.24) is 4.90 Å². The van der Waals surface area contributed by atoms with Crippen LogP contribution in [-0.4, -0.2) is 30.3 Å². The molecule has 0 unspecified atom stereocenters. The minimum atomic E-state index is -0.760. The molecule has 1 aliphatic carbocycles. The van der Waals surface area contributed by atoms with Gasteiger partial charge in [0.25, 0.3) is 0 Å². The van der Waals surface area contributed by atoms with Crippen LogP contribution >= 0.6 is 0 Å². The Morgan fingerprint density at radius 1 is 1.08 bits per heavy atom. The Hall–Kier alpha value is -2.33. The normalized spacial score (nSPS) is 17.6. The second-order valence-corrected chi connectivity index (χ2v) is 6.80. The number of nitrogens with zero attached hydrogens (tertiary/aromatic N) is 1. The molecule has 0 radical (unpaired) electrons. The Labute approximate surface area is 145 Å². The van der Waals surface area contributed by atoms with Gasteiger partial charge in [-0.05, 0) is 60.8 Å². The van der Waals surface area contributed by atoms with Gasteiger partial charge in [-0.1, -0.05) is 24.3 Å². The van der Waals surface area contributed by atoms with E-state index < -0.39 is 11.6 Å². The molecule has 2 nitrogen and oxygen atoms in total. The number of halogens is 2. The number of rotatable bonds is 4. The number of benzene rings is 2. The average molecular weight is 339 g/mol. The van der Waals surface area contributed by atoms with Crippen LogP contribution in [0.2, 0.25) is 0 Å². The molecule has 0 spiro atoms. The van der Waals surface area contributed by atoms with Gasteiger partial charge in [-0.3, -0.25) is 9.69 Å². The van der Waals surface area contributed by atoms with Gasteiger partial charge in [-0.15, -0.1) is 0 Å². The van der Waals surface area contributed by atoms with E-state index in [4.69, 9.17) is 0 Å². The maximum atomic E-state index is 13.8. The zero-order valence-corrected chi connectivity index (χ0v) is 13.8. The number of fused-ring (bicyclic) bond motifs is 1. The first kappa shape index (κ1) is 16.2. The van der Waals surface area contributed by atoms with Gasteiger partial charge in [0.05, 0.1) is 5.56 Å². The van der Waals surface area contributed by atoms with Gasteiger partial charge in [0.15, 0.2) is 5.78 Å². The van der Waals surface area contributed by atoms with Crippen molar-refractivity contribution in [3.05, 3.63) is 70.8 Å². The molecule has 128 valence electrons. The van der Waals surface area contributed by atoms with Crippen LogP contribution in [0.4, 0.5) is 8.78 Å². The van der Waals surface area contributed by atoms with Gasteiger partial charge in [-0.25, -0.2) is 8.78 Å². The Balaban J connectivity index is 1.35. The summed E-state index contributed by atoms with van der Waals surface area (Å²) < 4.78 is 26.8. The maximum Gasteiger partial charge on any atom is 0.168 e. The van der Waals surface area contributed by atoms with Crippen LogP contribution in [-0.2, 0) is 0 Å². The van der Waals surface area contributed by atoms with Gasteiger partial charge >= 0.3 is 0 Å². The van der Waals surface area contributed by atoms with E-state index in [2.05, 4.69) is 23.1 Å². The van der Waals surface area contributed by atoms with Crippen molar-refractivity contribution in [3.8, 4) is 0 Å². The number of carbonyl (C=O) groups is 1. The van der Waals surface area contributed by atoms with Crippen molar-refractivity contribution in [2.75, 3.05) is 19.6 Å². The SMILES string of the molecule is O=C(c1ccc(F)cc1F)C1CCN(CC2=Cc3ccccc32)CC1. The van der Waals surface area contributed by atoms with E-state index in [-0.39, 0.29) is 17.3 Å². The van der Waals surface area contributed by atoms with Crippen molar-refractivity contribution in [2.24, 2.45) is 5.92 Å². The molecule has 25 heavy (non-hydrogen) atoms.